The second-order valence-electron chi connectivity index (χ2n) is 3.42. The predicted molar refractivity (Wildman–Crippen MR) is 73.0 cm³/mol. The Bertz CT molecular complexity index is 566. The van der Waals surface area contributed by atoms with E-state index in [9.17, 15) is 4.79 Å². The number of benzene rings is 1. The maximum Gasteiger partial charge on any atom is 0.273 e. The maximum absolute atomic E-state index is 11.9. The quantitative estimate of drug-likeness (QED) is 0.896. The van der Waals surface area contributed by atoms with Crippen molar-refractivity contribution in [2.24, 2.45) is 7.05 Å². The number of hydrogen-bond donors (Lipinski definition) is 1. The molecule has 0 radical (unpaired) electrons. The zero-order valence-electron chi connectivity index (χ0n) is 8.95. The van der Waals surface area contributed by atoms with Gasteiger partial charge in [0.25, 0.3) is 5.91 Å². The number of amides is 1. The first kappa shape index (κ1) is 12.3. The van der Waals surface area contributed by atoms with Gasteiger partial charge in [-0.2, -0.15) is 5.10 Å². The Morgan fingerprint density at radius 1 is 1.35 bits per heavy atom. The van der Waals surface area contributed by atoms with Crippen molar-refractivity contribution in [2.45, 2.75) is 0 Å². The summed E-state index contributed by atoms with van der Waals surface area (Å²) in [5.41, 5.74) is 1.24. The van der Waals surface area contributed by atoms with Crippen molar-refractivity contribution in [3.05, 3.63) is 45.1 Å². The van der Waals surface area contributed by atoms with Gasteiger partial charge < -0.3 is 5.32 Å². The molecule has 88 valence electrons. The van der Waals surface area contributed by atoms with Crippen LogP contribution in [0.3, 0.4) is 0 Å². The number of carbonyl (C=O) groups is 1. The lowest BCUT2D eigenvalue weighted by molar-refractivity contribution is 0.101. The van der Waals surface area contributed by atoms with Crippen LogP contribution in [0.5, 0.6) is 0 Å². The van der Waals surface area contributed by atoms with Crippen LogP contribution in [-0.4, -0.2) is 15.7 Å². The number of hydrogen-bond acceptors (Lipinski definition) is 2. The summed E-state index contributed by atoms with van der Waals surface area (Å²) in [6.07, 6.45) is 1.59. The van der Waals surface area contributed by atoms with E-state index in [2.05, 4.69) is 42.3 Å². The molecule has 0 unspecified atom stereocenters. The van der Waals surface area contributed by atoms with Crippen LogP contribution in [0, 0.1) is 0 Å². The molecule has 0 saturated carbocycles. The molecule has 0 aliphatic rings. The number of carbonyl (C=O) groups excluding carboxylic acids is 1. The van der Waals surface area contributed by atoms with Crippen molar-refractivity contribution >= 4 is 43.5 Å². The molecule has 0 saturated heterocycles. The predicted octanol–water partition coefficient (Wildman–Crippen LogP) is 3.20. The fraction of sp³-hybridized carbons (Fsp3) is 0.0909. The highest BCUT2D eigenvalue weighted by atomic mass is 79.9. The molecule has 0 bridgehead atoms. The highest BCUT2D eigenvalue weighted by molar-refractivity contribution is 9.11. The number of nitrogens with zero attached hydrogens (tertiary/aromatic N) is 2. The molecule has 0 fully saturated rings. The Kier molecular flexibility index (Phi) is 3.63. The third kappa shape index (κ3) is 2.76. The van der Waals surface area contributed by atoms with Gasteiger partial charge in [0, 0.05) is 22.2 Å². The minimum absolute atomic E-state index is 0.187. The minimum atomic E-state index is -0.187. The third-order valence-electron chi connectivity index (χ3n) is 2.23. The van der Waals surface area contributed by atoms with Gasteiger partial charge in [0.05, 0.1) is 5.69 Å². The summed E-state index contributed by atoms with van der Waals surface area (Å²) in [6, 6.07) is 7.23. The SMILES string of the molecule is Cn1nccc1C(=O)Nc1ccc(Br)cc1Br. The number of aryl methyl sites for hydroxylation is 1. The van der Waals surface area contributed by atoms with Crippen LogP contribution < -0.4 is 5.32 Å². The summed E-state index contributed by atoms with van der Waals surface area (Å²) in [5, 5.41) is 6.77. The van der Waals surface area contributed by atoms with E-state index in [0.717, 1.165) is 14.6 Å². The van der Waals surface area contributed by atoms with Crippen LogP contribution in [0.25, 0.3) is 0 Å². The molecule has 1 aromatic heterocycles. The van der Waals surface area contributed by atoms with Gasteiger partial charge in [-0.3, -0.25) is 9.48 Å². The van der Waals surface area contributed by atoms with Gasteiger partial charge in [0.15, 0.2) is 0 Å². The lowest BCUT2D eigenvalue weighted by Gasteiger charge is -2.07. The molecular formula is C11H9Br2N3O. The molecule has 2 rings (SSSR count). The van der Waals surface area contributed by atoms with Gasteiger partial charge in [-0.15, -0.1) is 0 Å². The molecule has 0 aliphatic heterocycles. The monoisotopic (exact) mass is 357 g/mol. The summed E-state index contributed by atoms with van der Waals surface area (Å²) in [4.78, 5) is 11.9. The van der Waals surface area contributed by atoms with Crippen molar-refractivity contribution < 1.29 is 4.79 Å². The molecule has 1 aromatic carbocycles. The highest BCUT2D eigenvalue weighted by Crippen LogP contribution is 2.26. The van der Waals surface area contributed by atoms with Crippen LogP contribution in [-0.2, 0) is 7.05 Å². The Morgan fingerprint density at radius 2 is 2.12 bits per heavy atom. The van der Waals surface area contributed by atoms with Crippen molar-refractivity contribution in [3.8, 4) is 0 Å². The Hall–Kier alpha value is -1.14. The van der Waals surface area contributed by atoms with Crippen LogP contribution in [0.1, 0.15) is 10.5 Å². The molecule has 1 amide bonds. The van der Waals surface area contributed by atoms with E-state index in [1.807, 2.05) is 18.2 Å². The highest BCUT2D eigenvalue weighted by Gasteiger charge is 2.11. The molecule has 1 heterocycles. The average molecular weight is 359 g/mol. The Balaban J connectivity index is 2.22. The van der Waals surface area contributed by atoms with Crippen molar-refractivity contribution in [3.63, 3.8) is 0 Å². The van der Waals surface area contributed by atoms with E-state index in [1.165, 1.54) is 4.68 Å². The van der Waals surface area contributed by atoms with E-state index in [-0.39, 0.29) is 5.91 Å². The standard InChI is InChI=1S/C11H9Br2N3O/c1-16-10(4-5-14-16)11(17)15-9-3-2-7(12)6-8(9)13/h2-6H,1H3,(H,15,17). The van der Waals surface area contributed by atoms with Gasteiger partial charge >= 0.3 is 0 Å². The molecule has 0 aliphatic carbocycles. The first-order chi connectivity index (χ1) is 8.08. The number of anilines is 1. The van der Waals surface area contributed by atoms with Crippen LogP contribution in [0.4, 0.5) is 5.69 Å². The van der Waals surface area contributed by atoms with Crippen LogP contribution >= 0.6 is 31.9 Å². The second kappa shape index (κ2) is 5.01. The summed E-state index contributed by atoms with van der Waals surface area (Å²) >= 11 is 6.75. The maximum atomic E-state index is 11.9. The van der Waals surface area contributed by atoms with Gasteiger partial charge in [-0.05, 0) is 40.2 Å². The first-order valence-electron chi connectivity index (χ1n) is 4.82. The zero-order valence-corrected chi connectivity index (χ0v) is 12.1. The molecule has 2 aromatic rings. The van der Waals surface area contributed by atoms with Crippen LogP contribution in [0.2, 0.25) is 0 Å². The summed E-state index contributed by atoms with van der Waals surface area (Å²) in [7, 11) is 1.73. The molecule has 4 nitrogen and oxygen atoms in total. The largest absolute Gasteiger partial charge is 0.320 e. The number of aromatic nitrogens is 2. The summed E-state index contributed by atoms with van der Waals surface area (Å²) < 4.78 is 3.30. The molecule has 17 heavy (non-hydrogen) atoms. The fourth-order valence-corrected chi connectivity index (χ4v) is 2.52. The first-order valence-corrected chi connectivity index (χ1v) is 6.41. The van der Waals surface area contributed by atoms with E-state index in [1.54, 1.807) is 19.3 Å². The smallest absolute Gasteiger partial charge is 0.273 e. The number of halogens is 2. The molecular weight excluding hydrogens is 350 g/mol. The molecule has 0 spiro atoms. The summed E-state index contributed by atoms with van der Waals surface area (Å²) in [5.74, 6) is -0.187. The summed E-state index contributed by atoms with van der Waals surface area (Å²) in [6.45, 7) is 0. The van der Waals surface area contributed by atoms with E-state index in [0.29, 0.717) is 5.69 Å². The van der Waals surface area contributed by atoms with Gasteiger partial charge in [-0.1, -0.05) is 15.9 Å². The second-order valence-corrected chi connectivity index (χ2v) is 5.19. The van der Waals surface area contributed by atoms with Crippen molar-refractivity contribution in [2.75, 3.05) is 5.32 Å². The molecule has 1 N–H and O–H groups in total. The average Bonchev–Trinajstić information content (AvgIpc) is 2.68. The van der Waals surface area contributed by atoms with E-state index >= 15 is 0 Å². The Labute approximate surface area is 115 Å². The van der Waals surface area contributed by atoms with Crippen LogP contribution in [0.15, 0.2) is 39.4 Å². The lowest BCUT2D eigenvalue weighted by atomic mass is 10.3. The third-order valence-corrected chi connectivity index (χ3v) is 3.38. The van der Waals surface area contributed by atoms with Gasteiger partial charge in [-0.25, -0.2) is 0 Å². The topological polar surface area (TPSA) is 46.9 Å². The Morgan fingerprint density at radius 3 is 2.71 bits per heavy atom. The number of rotatable bonds is 2. The normalized spacial score (nSPS) is 10.3. The number of nitrogens with one attached hydrogen (secondary N) is 1. The molecule has 0 atom stereocenters. The lowest BCUT2D eigenvalue weighted by Crippen LogP contribution is -2.16. The van der Waals surface area contributed by atoms with Gasteiger partial charge in [0.1, 0.15) is 5.69 Å². The van der Waals surface area contributed by atoms with E-state index < -0.39 is 0 Å². The van der Waals surface area contributed by atoms with E-state index in [4.69, 9.17) is 0 Å². The van der Waals surface area contributed by atoms with Crippen molar-refractivity contribution in [1.29, 1.82) is 0 Å². The fourth-order valence-electron chi connectivity index (χ4n) is 1.37. The minimum Gasteiger partial charge on any atom is -0.320 e. The van der Waals surface area contributed by atoms with Crippen molar-refractivity contribution in [1.82, 2.24) is 9.78 Å². The zero-order chi connectivity index (χ0) is 12.4. The van der Waals surface area contributed by atoms with Gasteiger partial charge in [0.2, 0.25) is 0 Å². The molecule has 6 heteroatoms.